The number of nitrogens with zero attached hydrogens (tertiary/aromatic N) is 2. The Balaban J connectivity index is 1.33. The highest BCUT2D eigenvalue weighted by Gasteiger charge is 2.27. The third-order valence-corrected chi connectivity index (χ3v) is 6.95. The Hall–Kier alpha value is -4.69. The average molecular weight is 553 g/mol. The summed E-state index contributed by atoms with van der Waals surface area (Å²) in [5, 5.41) is 12.2. The molecule has 0 bridgehead atoms. The van der Waals surface area contributed by atoms with E-state index in [4.69, 9.17) is 19.3 Å². The zero-order chi connectivity index (χ0) is 27.7. The van der Waals surface area contributed by atoms with Gasteiger partial charge >= 0.3 is 5.97 Å². The van der Waals surface area contributed by atoms with E-state index in [9.17, 15) is 9.90 Å². The van der Waals surface area contributed by atoms with Gasteiger partial charge in [-0.1, -0.05) is 66.7 Å². The van der Waals surface area contributed by atoms with Gasteiger partial charge in [-0.05, 0) is 70.9 Å². The molecule has 4 aromatic rings. The van der Waals surface area contributed by atoms with Gasteiger partial charge in [0.1, 0.15) is 0 Å². The van der Waals surface area contributed by atoms with Gasteiger partial charge in [0.25, 0.3) is 0 Å². The highest BCUT2D eigenvalue weighted by Crippen LogP contribution is 2.36. The number of thioether (sulfide) groups is 1. The Kier molecular flexibility index (Phi) is 8.68. The molecule has 0 spiro atoms. The van der Waals surface area contributed by atoms with Crippen LogP contribution in [0.4, 0.5) is 5.69 Å². The molecule has 0 amide bonds. The maximum absolute atomic E-state index is 11.2. The number of carboxylic acid groups (broad SMARTS) is 1. The van der Waals surface area contributed by atoms with E-state index in [2.05, 4.69) is 12.1 Å². The monoisotopic (exact) mass is 552 g/mol. The zero-order valence-corrected chi connectivity index (χ0v) is 22.7. The molecule has 1 saturated heterocycles. The van der Waals surface area contributed by atoms with Crippen LogP contribution in [0.5, 0.6) is 11.5 Å². The van der Waals surface area contributed by atoms with Gasteiger partial charge in [-0.25, -0.2) is 9.79 Å². The summed E-state index contributed by atoms with van der Waals surface area (Å²) in [6.45, 7) is 0.939. The van der Waals surface area contributed by atoms with E-state index in [-0.39, 0.29) is 5.56 Å². The first-order chi connectivity index (χ1) is 19.6. The number of carboxylic acids is 1. The van der Waals surface area contributed by atoms with Crippen LogP contribution in [0.2, 0.25) is 0 Å². The summed E-state index contributed by atoms with van der Waals surface area (Å²) >= 11 is 1.41. The summed E-state index contributed by atoms with van der Waals surface area (Å²) in [6.07, 6.45) is 2.73. The van der Waals surface area contributed by atoms with Crippen LogP contribution in [-0.2, 0) is 17.8 Å². The van der Waals surface area contributed by atoms with Crippen molar-refractivity contribution in [1.82, 2.24) is 5.06 Å². The number of hydrogen-bond acceptors (Lipinski definition) is 6. The summed E-state index contributed by atoms with van der Waals surface area (Å²) in [5.74, 6) is 0.358. The normalized spacial score (nSPS) is 14.8. The lowest BCUT2D eigenvalue weighted by atomic mass is 10.1. The number of hydrogen-bond donors (Lipinski definition) is 1. The fraction of sp³-hybridized carbons (Fsp3) is 0.125. The largest absolute Gasteiger partial charge is 0.493 e. The molecule has 1 N–H and O–H groups in total. The summed E-state index contributed by atoms with van der Waals surface area (Å²) < 4.78 is 11.6. The van der Waals surface area contributed by atoms with Gasteiger partial charge in [-0.2, -0.15) is 5.06 Å². The van der Waals surface area contributed by atoms with Gasteiger partial charge in [-0.3, -0.25) is 0 Å². The molecule has 1 heterocycles. The second kappa shape index (κ2) is 12.9. The molecule has 0 saturated carbocycles. The van der Waals surface area contributed by atoms with Crippen LogP contribution >= 0.6 is 11.8 Å². The van der Waals surface area contributed by atoms with Crippen molar-refractivity contribution in [3.8, 4) is 11.5 Å². The molecule has 0 unspecified atom stereocenters. The van der Waals surface area contributed by atoms with Crippen molar-refractivity contribution < 1.29 is 24.2 Å². The predicted molar refractivity (Wildman–Crippen MR) is 158 cm³/mol. The highest BCUT2D eigenvalue weighted by molar-refractivity contribution is 8.17. The number of aliphatic imine (C=N–C) groups is 1. The lowest BCUT2D eigenvalue weighted by Crippen LogP contribution is -2.21. The van der Waals surface area contributed by atoms with E-state index in [1.54, 1.807) is 36.4 Å². The summed E-state index contributed by atoms with van der Waals surface area (Å²) in [7, 11) is 1.62. The number of amidine groups is 1. The Bertz CT molecular complexity index is 1510. The van der Waals surface area contributed by atoms with Crippen molar-refractivity contribution in [2.24, 2.45) is 4.99 Å². The van der Waals surface area contributed by atoms with E-state index in [0.717, 1.165) is 23.2 Å². The maximum atomic E-state index is 11.2. The van der Waals surface area contributed by atoms with Gasteiger partial charge < -0.3 is 19.4 Å². The van der Waals surface area contributed by atoms with Gasteiger partial charge in [0.2, 0.25) is 5.17 Å². The van der Waals surface area contributed by atoms with E-state index in [1.165, 1.54) is 17.3 Å². The van der Waals surface area contributed by atoms with Gasteiger partial charge in [0.05, 0.1) is 31.5 Å². The van der Waals surface area contributed by atoms with E-state index in [0.29, 0.717) is 34.9 Å². The first-order valence-electron chi connectivity index (χ1n) is 12.7. The maximum Gasteiger partial charge on any atom is 0.335 e. The van der Waals surface area contributed by atoms with Crippen LogP contribution in [0.25, 0.3) is 6.08 Å². The van der Waals surface area contributed by atoms with E-state index < -0.39 is 5.97 Å². The molecule has 1 fully saturated rings. The summed E-state index contributed by atoms with van der Waals surface area (Å²) in [6, 6.07) is 32.4. The number of para-hydroxylation sites is 1. The van der Waals surface area contributed by atoms with Crippen molar-refractivity contribution in [2.45, 2.75) is 13.0 Å². The number of benzene rings is 4. The summed E-state index contributed by atoms with van der Waals surface area (Å²) in [4.78, 5) is 22.2. The van der Waals surface area contributed by atoms with Crippen LogP contribution in [0.15, 0.2) is 113 Å². The van der Waals surface area contributed by atoms with Crippen LogP contribution in [0.1, 0.15) is 27.0 Å². The summed E-state index contributed by atoms with van der Waals surface area (Å²) in [5.41, 5.74) is 4.04. The number of ether oxygens (including phenoxy) is 2. The SMILES string of the molecule is COc1cc(/C=C2/ON(Cc3ccc(C(=O)O)cc3)C(=Nc3ccccc3)S2)ccc1OCCc1ccccc1. The second-order valence-electron chi connectivity index (χ2n) is 8.92. The molecule has 4 aromatic carbocycles. The van der Waals surface area contributed by atoms with Crippen LogP contribution < -0.4 is 9.47 Å². The minimum atomic E-state index is -0.959. The van der Waals surface area contributed by atoms with Gasteiger partial charge in [-0.15, -0.1) is 0 Å². The number of aromatic carboxylic acids is 1. The van der Waals surface area contributed by atoms with Crippen molar-refractivity contribution in [2.75, 3.05) is 13.7 Å². The van der Waals surface area contributed by atoms with E-state index in [1.807, 2.05) is 72.8 Å². The van der Waals surface area contributed by atoms with Crippen molar-refractivity contribution in [3.63, 3.8) is 0 Å². The Morgan fingerprint density at radius 3 is 2.35 bits per heavy atom. The number of hydroxylamine groups is 2. The van der Waals surface area contributed by atoms with Crippen LogP contribution in [0.3, 0.4) is 0 Å². The first-order valence-corrected chi connectivity index (χ1v) is 13.5. The predicted octanol–water partition coefficient (Wildman–Crippen LogP) is 7.18. The molecular formula is C32H28N2O5S. The van der Waals surface area contributed by atoms with Crippen molar-refractivity contribution >= 4 is 34.7 Å². The highest BCUT2D eigenvalue weighted by atomic mass is 32.2. The third kappa shape index (κ3) is 7.03. The topological polar surface area (TPSA) is 80.6 Å². The Labute approximate surface area is 237 Å². The molecule has 0 atom stereocenters. The molecule has 0 radical (unpaired) electrons. The third-order valence-electron chi connectivity index (χ3n) is 6.08. The smallest absolute Gasteiger partial charge is 0.335 e. The zero-order valence-electron chi connectivity index (χ0n) is 21.9. The van der Waals surface area contributed by atoms with Crippen molar-refractivity contribution in [3.05, 3.63) is 130 Å². The van der Waals surface area contributed by atoms with Gasteiger partial charge in [0, 0.05) is 6.42 Å². The number of rotatable bonds is 10. The number of carbonyl (C=O) groups is 1. The molecule has 202 valence electrons. The molecule has 1 aliphatic heterocycles. The molecule has 0 aliphatic carbocycles. The molecule has 40 heavy (non-hydrogen) atoms. The van der Waals surface area contributed by atoms with Crippen molar-refractivity contribution in [1.29, 1.82) is 0 Å². The molecule has 5 rings (SSSR count). The molecule has 7 nitrogen and oxygen atoms in total. The minimum absolute atomic E-state index is 0.237. The number of methoxy groups -OCH3 is 1. The molecule has 8 heteroatoms. The lowest BCUT2D eigenvalue weighted by molar-refractivity contribution is -0.0338. The quantitative estimate of drug-likeness (QED) is 0.223. The van der Waals surface area contributed by atoms with Crippen LogP contribution in [0, 0.1) is 0 Å². The standard InChI is InChI=1S/C32H28N2O5S/c1-37-29-20-25(14-17-28(29)38-19-18-23-8-4-2-5-9-23)21-30-39-34(22-24-12-15-26(16-13-24)31(35)36)32(40-30)33-27-10-6-3-7-11-27/h2-17,20-21H,18-19,22H2,1H3,(H,35,36)/b30-21-,33-32?. The fourth-order valence-electron chi connectivity index (χ4n) is 4.03. The fourth-order valence-corrected chi connectivity index (χ4v) is 4.88. The second-order valence-corrected chi connectivity index (χ2v) is 9.89. The molecular weight excluding hydrogens is 524 g/mol. The molecule has 0 aromatic heterocycles. The minimum Gasteiger partial charge on any atom is -0.493 e. The Morgan fingerprint density at radius 1 is 0.925 bits per heavy atom. The molecule has 1 aliphatic rings. The lowest BCUT2D eigenvalue weighted by Gasteiger charge is -2.16. The van der Waals surface area contributed by atoms with Gasteiger partial charge in [0.15, 0.2) is 16.6 Å². The Morgan fingerprint density at radius 2 is 1.65 bits per heavy atom. The van der Waals surface area contributed by atoms with E-state index >= 15 is 0 Å². The average Bonchev–Trinajstić information content (AvgIpc) is 3.34. The first kappa shape index (κ1) is 26.9. The van der Waals surface area contributed by atoms with Crippen LogP contribution in [-0.4, -0.2) is 35.0 Å².